The smallest absolute Gasteiger partial charge is 0.371 e. The van der Waals surface area contributed by atoms with Gasteiger partial charge in [0.25, 0.3) is 5.91 Å². The van der Waals surface area contributed by atoms with Crippen LogP contribution >= 0.6 is 0 Å². The van der Waals surface area contributed by atoms with Crippen LogP contribution in [0.3, 0.4) is 0 Å². The third-order valence-corrected chi connectivity index (χ3v) is 4.07. The van der Waals surface area contributed by atoms with E-state index < -0.39 is 11.9 Å². The highest BCUT2D eigenvalue weighted by Crippen LogP contribution is 2.14. The molecular weight excluding hydrogens is 338 g/mol. The van der Waals surface area contributed by atoms with Gasteiger partial charge in [-0.1, -0.05) is 12.1 Å². The number of nitrogens with one attached hydrogen (secondary N) is 2. The van der Waals surface area contributed by atoms with Crippen LogP contribution < -0.4 is 10.6 Å². The molecule has 1 saturated heterocycles. The number of amides is 3. The molecule has 3 N–H and O–H groups in total. The average molecular weight is 357 g/mol. The number of carboxylic acids is 1. The normalized spacial score (nSPS) is 13.5. The molecule has 0 radical (unpaired) electrons. The van der Waals surface area contributed by atoms with Crippen LogP contribution in [0.4, 0.5) is 10.5 Å². The summed E-state index contributed by atoms with van der Waals surface area (Å²) < 4.78 is 4.95. The maximum Gasteiger partial charge on any atom is 0.371 e. The topological polar surface area (TPSA) is 112 Å². The number of carbonyl (C=O) groups is 3. The van der Waals surface area contributed by atoms with Crippen LogP contribution in [-0.2, 0) is 6.54 Å². The SMILES string of the molecule is O=C(O)c1ccc(C(=O)NCc2cccc(NC(=O)N3CCCC3)c2)o1. The van der Waals surface area contributed by atoms with Crippen molar-refractivity contribution in [2.45, 2.75) is 19.4 Å². The minimum atomic E-state index is -1.23. The number of furan rings is 1. The van der Waals surface area contributed by atoms with Crippen LogP contribution in [0.25, 0.3) is 0 Å². The van der Waals surface area contributed by atoms with Gasteiger partial charge in [-0.3, -0.25) is 4.79 Å². The minimum absolute atomic E-state index is 0.0686. The largest absolute Gasteiger partial charge is 0.475 e. The van der Waals surface area contributed by atoms with Gasteiger partial charge in [-0.2, -0.15) is 0 Å². The van der Waals surface area contributed by atoms with Gasteiger partial charge in [-0.05, 0) is 42.7 Å². The molecule has 3 rings (SSSR count). The summed E-state index contributed by atoms with van der Waals surface area (Å²) in [4.78, 5) is 36.7. The van der Waals surface area contributed by atoms with Crippen LogP contribution in [0.5, 0.6) is 0 Å². The molecule has 2 aromatic rings. The first-order chi connectivity index (χ1) is 12.5. The highest BCUT2D eigenvalue weighted by Gasteiger charge is 2.18. The minimum Gasteiger partial charge on any atom is -0.475 e. The first-order valence-electron chi connectivity index (χ1n) is 8.29. The molecule has 0 saturated carbocycles. The number of anilines is 1. The molecule has 1 aromatic carbocycles. The highest BCUT2D eigenvalue weighted by atomic mass is 16.4. The number of hydrogen-bond acceptors (Lipinski definition) is 4. The lowest BCUT2D eigenvalue weighted by Crippen LogP contribution is -2.32. The summed E-state index contributed by atoms with van der Waals surface area (Å²) >= 11 is 0. The van der Waals surface area contributed by atoms with Crippen molar-refractivity contribution in [3.05, 3.63) is 53.5 Å². The molecule has 0 atom stereocenters. The van der Waals surface area contributed by atoms with Gasteiger partial charge in [0.15, 0.2) is 5.76 Å². The zero-order valence-corrected chi connectivity index (χ0v) is 14.0. The molecule has 0 spiro atoms. The van der Waals surface area contributed by atoms with Crippen molar-refractivity contribution >= 4 is 23.6 Å². The van der Waals surface area contributed by atoms with E-state index in [-0.39, 0.29) is 24.1 Å². The van der Waals surface area contributed by atoms with Crippen molar-refractivity contribution in [3.63, 3.8) is 0 Å². The fourth-order valence-corrected chi connectivity index (χ4v) is 2.73. The Kier molecular flexibility index (Phi) is 5.21. The van der Waals surface area contributed by atoms with Gasteiger partial charge < -0.3 is 25.1 Å². The second kappa shape index (κ2) is 7.73. The van der Waals surface area contributed by atoms with E-state index in [2.05, 4.69) is 10.6 Å². The third-order valence-electron chi connectivity index (χ3n) is 4.07. The van der Waals surface area contributed by atoms with Crippen LogP contribution in [0.15, 0.2) is 40.8 Å². The quantitative estimate of drug-likeness (QED) is 0.761. The molecule has 1 aromatic heterocycles. The number of likely N-dealkylation sites (tertiary alicyclic amines) is 1. The summed E-state index contributed by atoms with van der Waals surface area (Å²) in [5, 5.41) is 14.3. The molecular formula is C18H19N3O5. The molecule has 1 aliphatic heterocycles. The van der Waals surface area contributed by atoms with E-state index in [4.69, 9.17) is 9.52 Å². The van der Waals surface area contributed by atoms with Crippen LogP contribution in [0.2, 0.25) is 0 Å². The summed E-state index contributed by atoms with van der Waals surface area (Å²) in [5.74, 6) is -2.10. The zero-order chi connectivity index (χ0) is 18.5. The van der Waals surface area contributed by atoms with Gasteiger partial charge in [0.05, 0.1) is 0 Å². The van der Waals surface area contributed by atoms with Crippen molar-refractivity contribution < 1.29 is 23.9 Å². The van der Waals surface area contributed by atoms with Crippen LogP contribution in [0, 0.1) is 0 Å². The highest BCUT2D eigenvalue weighted by molar-refractivity contribution is 5.93. The number of benzene rings is 1. The Morgan fingerprint density at radius 1 is 1.08 bits per heavy atom. The second-order valence-electron chi connectivity index (χ2n) is 5.98. The van der Waals surface area contributed by atoms with Crippen molar-refractivity contribution in [1.29, 1.82) is 0 Å². The van der Waals surface area contributed by atoms with Gasteiger partial charge in [0, 0.05) is 25.3 Å². The van der Waals surface area contributed by atoms with Gasteiger partial charge in [0.2, 0.25) is 5.76 Å². The van der Waals surface area contributed by atoms with Crippen molar-refractivity contribution in [2.24, 2.45) is 0 Å². The second-order valence-corrected chi connectivity index (χ2v) is 5.98. The maximum absolute atomic E-state index is 12.1. The van der Waals surface area contributed by atoms with E-state index in [0.29, 0.717) is 5.69 Å². The van der Waals surface area contributed by atoms with Gasteiger partial charge in [-0.25, -0.2) is 9.59 Å². The molecule has 0 aliphatic carbocycles. The number of carboxylic acid groups (broad SMARTS) is 1. The number of carbonyl (C=O) groups excluding carboxylic acids is 2. The Morgan fingerprint density at radius 3 is 2.50 bits per heavy atom. The fraction of sp³-hybridized carbons (Fsp3) is 0.278. The van der Waals surface area contributed by atoms with Gasteiger partial charge in [-0.15, -0.1) is 0 Å². The maximum atomic E-state index is 12.1. The Balaban J connectivity index is 1.56. The number of hydrogen-bond donors (Lipinski definition) is 3. The number of urea groups is 1. The van der Waals surface area contributed by atoms with Crippen LogP contribution in [-0.4, -0.2) is 41.0 Å². The molecule has 8 nitrogen and oxygen atoms in total. The molecule has 8 heteroatoms. The molecule has 3 amide bonds. The summed E-state index contributed by atoms with van der Waals surface area (Å²) in [6.45, 7) is 1.75. The standard InChI is InChI=1S/C18H19N3O5/c22-16(14-6-7-15(26-14)17(23)24)19-11-12-4-3-5-13(10-12)20-18(25)21-8-1-2-9-21/h3-7,10H,1-2,8-9,11H2,(H,19,22)(H,20,25)(H,23,24). The Hall–Kier alpha value is -3.29. The van der Waals surface area contributed by atoms with Crippen molar-refractivity contribution in [2.75, 3.05) is 18.4 Å². The van der Waals surface area contributed by atoms with E-state index in [9.17, 15) is 14.4 Å². The van der Waals surface area contributed by atoms with Crippen molar-refractivity contribution in [1.82, 2.24) is 10.2 Å². The van der Waals surface area contributed by atoms with Crippen LogP contribution in [0.1, 0.15) is 39.5 Å². The molecule has 1 aliphatic rings. The van der Waals surface area contributed by atoms with Crippen molar-refractivity contribution in [3.8, 4) is 0 Å². The monoisotopic (exact) mass is 357 g/mol. The zero-order valence-electron chi connectivity index (χ0n) is 14.0. The van der Waals surface area contributed by atoms with E-state index in [1.165, 1.54) is 12.1 Å². The van der Waals surface area contributed by atoms with Gasteiger partial charge >= 0.3 is 12.0 Å². The summed E-state index contributed by atoms with van der Waals surface area (Å²) in [6.07, 6.45) is 2.05. The van der Waals surface area contributed by atoms with E-state index in [1.54, 1.807) is 23.1 Å². The van der Waals surface area contributed by atoms with E-state index >= 15 is 0 Å². The lowest BCUT2D eigenvalue weighted by Gasteiger charge is -2.16. The number of rotatable bonds is 5. The first kappa shape index (κ1) is 17.5. The fourth-order valence-electron chi connectivity index (χ4n) is 2.73. The molecule has 136 valence electrons. The lowest BCUT2D eigenvalue weighted by atomic mass is 10.2. The Labute approximate surface area is 149 Å². The predicted octanol–water partition coefficient (Wildman–Crippen LogP) is 2.54. The summed E-state index contributed by atoms with van der Waals surface area (Å²) in [6, 6.07) is 9.58. The number of nitrogens with zero attached hydrogens (tertiary/aromatic N) is 1. The molecule has 2 heterocycles. The molecule has 0 bridgehead atoms. The molecule has 26 heavy (non-hydrogen) atoms. The Morgan fingerprint density at radius 2 is 1.81 bits per heavy atom. The average Bonchev–Trinajstić information content (AvgIpc) is 3.31. The van der Waals surface area contributed by atoms with E-state index in [1.807, 2.05) is 6.07 Å². The summed E-state index contributed by atoms with van der Waals surface area (Å²) in [7, 11) is 0. The predicted molar refractivity (Wildman–Crippen MR) is 93.1 cm³/mol. The van der Waals surface area contributed by atoms with E-state index in [0.717, 1.165) is 31.5 Å². The lowest BCUT2D eigenvalue weighted by molar-refractivity contribution is 0.0659. The summed E-state index contributed by atoms with van der Waals surface area (Å²) in [5.41, 5.74) is 1.45. The van der Waals surface area contributed by atoms with Gasteiger partial charge in [0.1, 0.15) is 0 Å². The Bertz CT molecular complexity index is 824. The molecule has 0 unspecified atom stereocenters. The number of aromatic carboxylic acids is 1. The molecule has 1 fully saturated rings. The third kappa shape index (κ3) is 4.21. The first-order valence-corrected chi connectivity index (χ1v) is 8.29.